The average molecular weight is 506 g/mol. The van der Waals surface area contributed by atoms with Gasteiger partial charge in [0.05, 0.1) is 11.6 Å². The molecule has 1 aliphatic heterocycles. The van der Waals surface area contributed by atoms with Gasteiger partial charge in [-0.1, -0.05) is 24.3 Å². The van der Waals surface area contributed by atoms with Crippen molar-refractivity contribution in [3.05, 3.63) is 65.2 Å². The van der Waals surface area contributed by atoms with Crippen LogP contribution >= 0.6 is 0 Å². The Balaban J connectivity index is 1.03. The molecule has 2 aromatic carbocycles. The van der Waals surface area contributed by atoms with Crippen molar-refractivity contribution in [3.63, 3.8) is 0 Å². The van der Waals surface area contributed by atoms with Crippen LogP contribution in [0.5, 0.6) is 0 Å². The molecule has 2 saturated carbocycles. The van der Waals surface area contributed by atoms with E-state index in [1.54, 1.807) is 6.07 Å². The van der Waals surface area contributed by atoms with Crippen LogP contribution in [0.25, 0.3) is 0 Å². The van der Waals surface area contributed by atoms with Crippen molar-refractivity contribution < 1.29 is 18.4 Å². The first kappa shape index (κ1) is 25.5. The number of hydrogen-bond acceptors (Lipinski definition) is 4. The van der Waals surface area contributed by atoms with Gasteiger partial charge in [-0.05, 0) is 73.3 Å². The fraction of sp³-hybridized carbons (Fsp3) is 0.500. The van der Waals surface area contributed by atoms with Gasteiger partial charge in [0.1, 0.15) is 5.78 Å². The zero-order valence-electron chi connectivity index (χ0n) is 21.1. The molecule has 1 heterocycles. The number of carbonyl (C=O) groups excluding carboxylic acids is 2. The first-order chi connectivity index (χ1) is 17.7. The summed E-state index contributed by atoms with van der Waals surface area (Å²) in [6.07, 6.45) is 4.90. The minimum absolute atomic E-state index is 0.0705. The molecule has 1 N–H and O–H groups in total. The van der Waals surface area contributed by atoms with Crippen LogP contribution in [0.4, 0.5) is 14.5 Å². The van der Waals surface area contributed by atoms with E-state index in [1.165, 1.54) is 23.8 Å². The maximum atomic E-state index is 13.5. The smallest absolute Gasteiger partial charge is 0.270 e. The summed E-state index contributed by atoms with van der Waals surface area (Å²) in [5.74, 6) is -1.69. The largest absolute Gasteiger partial charge is 0.326 e. The van der Waals surface area contributed by atoms with Gasteiger partial charge in [0.2, 0.25) is 5.91 Å². The number of hydrogen-bond donors (Lipinski definition) is 1. The molecule has 37 heavy (non-hydrogen) atoms. The summed E-state index contributed by atoms with van der Waals surface area (Å²) in [7, 11) is 0. The molecule has 1 amide bonds. The minimum Gasteiger partial charge on any atom is -0.326 e. The summed E-state index contributed by atoms with van der Waals surface area (Å²) in [6.45, 7) is 2.76. The summed E-state index contributed by atoms with van der Waals surface area (Å²) in [6, 6.07) is 16.4. The first-order valence-electron chi connectivity index (χ1n) is 13.3. The SMILES string of the molecule is CC(F)(F)c1cccc(NC(=O)CCC(=O)C2[C@H]3CN(C4CCC(c5ccc(C#N)cc5)CC4)C[C@@H]23)c1. The van der Waals surface area contributed by atoms with Crippen LogP contribution in [0.2, 0.25) is 0 Å². The second-order valence-corrected chi connectivity index (χ2v) is 11.0. The standard InChI is InChI=1S/C30H33F2N3O2/c1-30(31,32)22-3-2-4-23(15-22)34-28(37)14-13-27(36)29-25-17-35(18-26(25)29)24-11-9-21(10-12-24)20-7-5-19(16-33)6-8-20/h2-8,15,21,24-26,29H,9-14,17-18H2,1H3,(H,34,37)/t21?,24?,25-,26+,29?. The summed E-state index contributed by atoms with van der Waals surface area (Å²) < 4.78 is 27.0. The highest BCUT2D eigenvalue weighted by atomic mass is 19.3. The Labute approximate surface area is 216 Å². The predicted octanol–water partition coefficient (Wildman–Crippen LogP) is 5.86. The lowest BCUT2D eigenvalue weighted by Gasteiger charge is -2.36. The molecule has 2 aliphatic carbocycles. The molecule has 0 spiro atoms. The highest BCUT2D eigenvalue weighted by Gasteiger charge is 2.59. The molecule has 0 aromatic heterocycles. The number of rotatable bonds is 8. The van der Waals surface area contributed by atoms with Crippen LogP contribution in [0.1, 0.15) is 68.1 Å². The maximum Gasteiger partial charge on any atom is 0.270 e. The molecule has 2 aromatic rings. The number of ketones is 1. The van der Waals surface area contributed by atoms with Gasteiger partial charge in [0, 0.05) is 56.1 Å². The van der Waals surface area contributed by atoms with E-state index >= 15 is 0 Å². The van der Waals surface area contributed by atoms with E-state index in [4.69, 9.17) is 5.26 Å². The fourth-order valence-corrected chi connectivity index (χ4v) is 6.44. The number of nitrogens with one attached hydrogen (secondary N) is 1. The van der Waals surface area contributed by atoms with Crippen molar-refractivity contribution in [1.29, 1.82) is 5.26 Å². The fourth-order valence-electron chi connectivity index (χ4n) is 6.44. The Kier molecular flexibility index (Phi) is 7.13. The van der Waals surface area contributed by atoms with Crippen LogP contribution in [-0.2, 0) is 15.5 Å². The Morgan fingerprint density at radius 2 is 1.70 bits per heavy atom. The topological polar surface area (TPSA) is 73.2 Å². The maximum absolute atomic E-state index is 13.5. The van der Waals surface area contributed by atoms with Crippen molar-refractivity contribution in [2.45, 2.75) is 63.3 Å². The van der Waals surface area contributed by atoms with Crippen LogP contribution < -0.4 is 5.32 Å². The third-order valence-corrected chi connectivity index (χ3v) is 8.57. The molecule has 7 heteroatoms. The number of halogens is 2. The van der Waals surface area contributed by atoms with Crippen molar-refractivity contribution in [2.24, 2.45) is 17.8 Å². The summed E-state index contributed by atoms with van der Waals surface area (Å²) in [4.78, 5) is 27.7. The third kappa shape index (κ3) is 5.75. The summed E-state index contributed by atoms with van der Waals surface area (Å²) in [5, 5.41) is 11.6. The molecule has 3 atom stereocenters. The summed E-state index contributed by atoms with van der Waals surface area (Å²) in [5.41, 5.74) is 2.20. The van der Waals surface area contributed by atoms with Crippen molar-refractivity contribution >= 4 is 17.4 Å². The number of carbonyl (C=O) groups is 2. The van der Waals surface area contributed by atoms with Crippen LogP contribution in [0.15, 0.2) is 48.5 Å². The third-order valence-electron chi connectivity index (χ3n) is 8.57. The lowest BCUT2D eigenvalue weighted by molar-refractivity contribution is -0.124. The summed E-state index contributed by atoms with van der Waals surface area (Å²) >= 11 is 0. The van der Waals surface area contributed by atoms with Crippen LogP contribution in [-0.4, -0.2) is 35.7 Å². The van der Waals surface area contributed by atoms with E-state index in [2.05, 4.69) is 28.4 Å². The van der Waals surface area contributed by atoms with E-state index in [1.807, 2.05) is 12.1 Å². The molecule has 5 rings (SSSR count). The van der Waals surface area contributed by atoms with Gasteiger partial charge in [-0.25, -0.2) is 8.78 Å². The molecular weight excluding hydrogens is 472 g/mol. The van der Waals surface area contributed by atoms with Gasteiger partial charge >= 0.3 is 0 Å². The second kappa shape index (κ2) is 10.3. The molecule has 3 fully saturated rings. The zero-order valence-corrected chi connectivity index (χ0v) is 21.1. The molecular formula is C30H33F2N3O2. The number of anilines is 1. The lowest BCUT2D eigenvalue weighted by atomic mass is 9.81. The van der Waals surface area contributed by atoms with E-state index in [9.17, 15) is 18.4 Å². The minimum atomic E-state index is -2.97. The lowest BCUT2D eigenvalue weighted by Crippen LogP contribution is -2.38. The Morgan fingerprint density at radius 1 is 1.03 bits per heavy atom. The Bertz CT molecular complexity index is 1180. The molecule has 194 valence electrons. The van der Waals surface area contributed by atoms with Crippen LogP contribution in [0.3, 0.4) is 0 Å². The molecule has 5 nitrogen and oxygen atoms in total. The van der Waals surface area contributed by atoms with E-state index in [0.717, 1.165) is 45.7 Å². The number of Topliss-reactive ketones (excluding diaryl/α,β-unsaturated/α-hetero) is 1. The number of benzene rings is 2. The molecule has 3 aliphatic rings. The van der Waals surface area contributed by atoms with Gasteiger partial charge in [-0.15, -0.1) is 0 Å². The van der Waals surface area contributed by atoms with Gasteiger partial charge in [0.15, 0.2) is 0 Å². The number of fused-ring (bicyclic) bond motifs is 1. The number of alkyl halides is 2. The number of nitriles is 1. The predicted molar refractivity (Wildman–Crippen MR) is 137 cm³/mol. The van der Waals surface area contributed by atoms with Crippen molar-refractivity contribution in [1.82, 2.24) is 4.90 Å². The molecule has 1 saturated heterocycles. The molecule has 0 bridgehead atoms. The monoisotopic (exact) mass is 505 g/mol. The van der Waals surface area contributed by atoms with Gasteiger partial charge in [-0.2, -0.15) is 5.26 Å². The van der Waals surface area contributed by atoms with Crippen LogP contribution in [0, 0.1) is 29.1 Å². The highest BCUT2D eigenvalue weighted by Crippen LogP contribution is 2.54. The highest BCUT2D eigenvalue weighted by molar-refractivity contribution is 5.94. The quantitative estimate of drug-likeness (QED) is 0.488. The first-order valence-corrected chi connectivity index (χ1v) is 13.3. The molecule has 1 unspecified atom stereocenters. The molecule has 0 radical (unpaired) electrons. The average Bonchev–Trinajstić information content (AvgIpc) is 3.40. The number of piperidine rings is 1. The number of likely N-dealkylation sites (tertiary alicyclic amines) is 1. The van der Waals surface area contributed by atoms with Crippen molar-refractivity contribution in [3.8, 4) is 6.07 Å². The number of nitrogens with zero attached hydrogens (tertiary/aromatic N) is 2. The van der Waals surface area contributed by atoms with Gasteiger partial charge in [0.25, 0.3) is 5.92 Å². The van der Waals surface area contributed by atoms with Gasteiger partial charge < -0.3 is 5.32 Å². The Hall–Kier alpha value is -3.11. The normalized spacial score (nSPS) is 27.2. The van der Waals surface area contributed by atoms with E-state index in [0.29, 0.717) is 35.0 Å². The number of amides is 1. The van der Waals surface area contributed by atoms with E-state index in [-0.39, 0.29) is 36.0 Å². The van der Waals surface area contributed by atoms with Gasteiger partial charge in [-0.3, -0.25) is 14.5 Å². The van der Waals surface area contributed by atoms with E-state index < -0.39 is 5.92 Å². The second-order valence-electron chi connectivity index (χ2n) is 11.0. The van der Waals surface area contributed by atoms with Crippen molar-refractivity contribution in [2.75, 3.05) is 18.4 Å². The zero-order chi connectivity index (χ0) is 26.2. The Morgan fingerprint density at radius 3 is 2.32 bits per heavy atom.